The molecule has 12 heavy (non-hydrogen) atoms. The van der Waals surface area contributed by atoms with Crippen LogP contribution in [0, 0.1) is 5.92 Å². The number of methoxy groups -OCH3 is 1. The molecule has 2 atom stereocenters. The Morgan fingerprint density at radius 2 is 1.75 bits per heavy atom. The molecule has 0 heterocycles. The monoisotopic (exact) mass is 173 g/mol. The van der Waals surface area contributed by atoms with Crippen molar-refractivity contribution in [1.29, 1.82) is 0 Å². The number of carbonyl (C=O) groups is 1. The summed E-state index contributed by atoms with van der Waals surface area (Å²) in [4.78, 5) is 11.0. The normalized spacial score (nSPS) is 15.8. The second-order valence-corrected chi connectivity index (χ2v) is 3.44. The van der Waals surface area contributed by atoms with Crippen LogP contribution >= 0.6 is 0 Å². The molecule has 0 rings (SSSR count). The molecule has 0 amide bonds. The minimum Gasteiger partial charge on any atom is -0.468 e. The van der Waals surface area contributed by atoms with Gasteiger partial charge in [-0.05, 0) is 19.8 Å². The molecule has 0 saturated heterocycles. The zero-order valence-corrected chi connectivity index (χ0v) is 8.55. The van der Waals surface area contributed by atoms with Gasteiger partial charge in [0.15, 0.2) is 0 Å². The first-order valence-corrected chi connectivity index (χ1v) is 4.33. The predicted octanol–water partition coefficient (Wildman–Crippen LogP) is 1.18. The van der Waals surface area contributed by atoms with Gasteiger partial charge in [-0.1, -0.05) is 13.8 Å². The van der Waals surface area contributed by atoms with Gasteiger partial charge < -0.3 is 10.1 Å². The molecule has 2 unspecified atom stereocenters. The lowest BCUT2D eigenvalue weighted by molar-refractivity contribution is -0.142. The lowest BCUT2D eigenvalue weighted by atomic mass is 10.1. The first-order valence-electron chi connectivity index (χ1n) is 4.33. The maximum absolute atomic E-state index is 11.0. The molecule has 0 aliphatic heterocycles. The Hall–Kier alpha value is -0.570. The number of ether oxygens (including phenoxy) is 1. The van der Waals surface area contributed by atoms with Gasteiger partial charge in [-0.25, -0.2) is 0 Å². The van der Waals surface area contributed by atoms with Crippen molar-refractivity contribution in [3.05, 3.63) is 0 Å². The van der Waals surface area contributed by atoms with E-state index in [0.717, 1.165) is 0 Å². The van der Waals surface area contributed by atoms with E-state index >= 15 is 0 Å². The Bertz CT molecular complexity index is 145. The summed E-state index contributed by atoms with van der Waals surface area (Å²) in [5.74, 6) is 0.319. The second kappa shape index (κ2) is 5.14. The third kappa shape index (κ3) is 3.72. The quantitative estimate of drug-likeness (QED) is 0.649. The fraction of sp³-hybridized carbons (Fsp3) is 0.889. The summed E-state index contributed by atoms with van der Waals surface area (Å²) >= 11 is 0. The van der Waals surface area contributed by atoms with Gasteiger partial charge in [0.05, 0.1) is 7.11 Å². The minimum absolute atomic E-state index is 0.206. The smallest absolute Gasteiger partial charge is 0.322 e. The molecular weight excluding hydrogens is 154 g/mol. The SMILES string of the molecule is COC(=O)C(C)NC(C)C(C)C. The topological polar surface area (TPSA) is 38.3 Å². The van der Waals surface area contributed by atoms with Crippen LogP contribution in [0.4, 0.5) is 0 Å². The number of carbonyl (C=O) groups excluding carboxylic acids is 1. The number of esters is 1. The van der Waals surface area contributed by atoms with Gasteiger partial charge in [0.25, 0.3) is 0 Å². The molecule has 0 spiro atoms. The highest BCUT2D eigenvalue weighted by molar-refractivity contribution is 5.75. The van der Waals surface area contributed by atoms with Crippen LogP contribution < -0.4 is 5.32 Å². The third-order valence-electron chi connectivity index (χ3n) is 2.07. The van der Waals surface area contributed by atoms with E-state index < -0.39 is 0 Å². The molecule has 3 heteroatoms. The van der Waals surface area contributed by atoms with Crippen LogP contribution in [0.15, 0.2) is 0 Å². The summed E-state index contributed by atoms with van der Waals surface area (Å²) in [5.41, 5.74) is 0. The standard InChI is InChI=1S/C9H19NO2/c1-6(2)7(3)10-8(4)9(11)12-5/h6-8,10H,1-5H3. The molecular formula is C9H19NO2. The second-order valence-electron chi connectivity index (χ2n) is 3.44. The molecule has 0 aliphatic carbocycles. The Morgan fingerprint density at radius 3 is 2.08 bits per heavy atom. The van der Waals surface area contributed by atoms with E-state index in [1.54, 1.807) is 0 Å². The summed E-state index contributed by atoms with van der Waals surface area (Å²) < 4.78 is 4.59. The molecule has 0 saturated carbocycles. The van der Waals surface area contributed by atoms with Crippen LogP contribution in [-0.2, 0) is 9.53 Å². The van der Waals surface area contributed by atoms with Crippen LogP contribution in [0.25, 0.3) is 0 Å². The molecule has 0 aromatic heterocycles. The van der Waals surface area contributed by atoms with Crippen LogP contribution in [0.2, 0.25) is 0 Å². The van der Waals surface area contributed by atoms with Crippen molar-refractivity contribution in [3.63, 3.8) is 0 Å². The van der Waals surface area contributed by atoms with E-state index in [4.69, 9.17) is 0 Å². The van der Waals surface area contributed by atoms with Gasteiger partial charge in [0.1, 0.15) is 6.04 Å². The fourth-order valence-corrected chi connectivity index (χ4v) is 0.832. The highest BCUT2D eigenvalue weighted by Gasteiger charge is 2.16. The molecule has 0 radical (unpaired) electrons. The van der Waals surface area contributed by atoms with Crippen molar-refractivity contribution >= 4 is 5.97 Å². The summed E-state index contributed by atoms with van der Waals surface area (Å²) in [6.07, 6.45) is 0. The van der Waals surface area contributed by atoms with Crippen LogP contribution in [0.1, 0.15) is 27.7 Å². The van der Waals surface area contributed by atoms with Crippen molar-refractivity contribution in [3.8, 4) is 0 Å². The van der Waals surface area contributed by atoms with E-state index in [1.807, 2.05) is 6.92 Å². The van der Waals surface area contributed by atoms with E-state index in [2.05, 4.69) is 30.8 Å². The molecule has 0 aliphatic rings. The van der Waals surface area contributed by atoms with E-state index in [1.165, 1.54) is 7.11 Å². The van der Waals surface area contributed by atoms with Crippen molar-refractivity contribution in [1.82, 2.24) is 5.32 Å². The van der Waals surface area contributed by atoms with Gasteiger partial charge in [-0.3, -0.25) is 4.79 Å². The average Bonchev–Trinajstić information content (AvgIpc) is 2.02. The van der Waals surface area contributed by atoms with Gasteiger partial charge in [0, 0.05) is 6.04 Å². The molecule has 0 fully saturated rings. The minimum atomic E-state index is -0.215. The Labute approximate surface area is 74.5 Å². The molecule has 1 N–H and O–H groups in total. The maximum atomic E-state index is 11.0. The lowest BCUT2D eigenvalue weighted by Gasteiger charge is -2.21. The highest BCUT2D eigenvalue weighted by Crippen LogP contribution is 2.01. The predicted molar refractivity (Wildman–Crippen MR) is 48.9 cm³/mol. The van der Waals surface area contributed by atoms with Crippen molar-refractivity contribution in [2.75, 3.05) is 7.11 Å². The molecule has 72 valence electrons. The number of nitrogens with one attached hydrogen (secondary N) is 1. The van der Waals surface area contributed by atoms with Crippen LogP contribution in [-0.4, -0.2) is 25.2 Å². The molecule has 0 aromatic carbocycles. The van der Waals surface area contributed by atoms with Gasteiger partial charge in [0.2, 0.25) is 0 Å². The highest BCUT2D eigenvalue weighted by atomic mass is 16.5. The van der Waals surface area contributed by atoms with Crippen molar-refractivity contribution < 1.29 is 9.53 Å². The first-order chi connectivity index (χ1) is 5.49. The van der Waals surface area contributed by atoms with Gasteiger partial charge in [-0.15, -0.1) is 0 Å². The molecule has 0 bridgehead atoms. The van der Waals surface area contributed by atoms with Crippen molar-refractivity contribution in [2.45, 2.75) is 39.8 Å². The van der Waals surface area contributed by atoms with Gasteiger partial charge in [-0.2, -0.15) is 0 Å². The Morgan fingerprint density at radius 1 is 1.25 bits per heavy atom. The third-order valence-corrected chi connectivity index (χ3v) is 2.07. The Kier molecular flexibility index (Phi) is 4.90. The van der Waals surface area contributed by atoms with E-state index in [-0.39, 0.29) is 12.0 Å². The molecule has 0 aromatic rings. The summed E-state index contributed by atoms with van der Waals surface area (Å²) in [6, 6.07) is 0.117. The molecule has 3 nitrogen and oxygen atoms in total. The zero-order valence-electron chi connectivity index (χ0n) is 8.55. The van der Waals surface area contributed by atoms with E-state index in [0.29, 0.717) is 12.0 Å². The number of hydrogen-bond donors (Lipinski definition) is 1. The first kappa shape index (κ1) is 11.4. The van der Waals surface area contributed by atoms with E-state index in [9.17, 15) is 4.79 Å². The average molecular weight is 173 g/mol. The summed E-state index contributed by atoms with van der Waals surface area (Å²) in [5, 5.41) is 3.16. The van der Waals surface area contributed by atoms with Crippen LogP contribution in [0.3, 0.4) is 0 Å². The number of rotatable bonds is 4. The zero-order chi connectivity index (χ0) is 9.72. The Balaban J connectivity index is 3.83. The summed E-state index contributed by atoms with van der Waals surface area (Å²) in [6.45, 7) is 8.10. The largest absolute Gasteiger partial charge is 0.468 e. The summed E-state index contributed by atoms with van der Waals surface area (Å²) in [7, 11) is 1.40. The van der Waals surface area contributed by atoms with Gasteiger partial charge >= 0.3 is 5.97 Å². The maximum Gasteiger partial charge on any atom is 0.322 e. The lowest BCUT2D eigenvalue weighted by Crippen LogP contribution is -2.42. The number of hydrogen-bond acceptors (Lipinski definition) is 3. The van der Waals surface area contributed by atoms with Crippen molar-refractivity contribution in [2.24, 2.45) is 5.92 Å². The van der Waals surface area contributed by atoms with Crippen LogP contribution in [0.5, 0.6) is 0 Å². The fourth-order valence-electron chi connectivity index (χ4n) is 0.832.